The van der Waals surface area contributed by atoms with Gasteiger partial charge in [0.05, 0.1) is 13.1 Å². The minimum Gasteiger partial charge on any atom is -0.457 e. The van der Waals surface area contributed by atoms with Gasteiger partial charge in [0.25, 0.3) is 0 Å². The lowest BCUT2D eigenvalue weighted by Crippen LogP contribution is -2.27. The van der Waals surface area contributed by atoms with E-state index >= 15 is 0 Å². The highest BCUT2D eigenvalue weighted by atomic mass is 16.5. The van der Waals surface area contributed by atoms with Crippen molar-refractivity contribution < 1.29 is 14.3 Å². The monoisotopic (exact) mass is 494 g/mol. The van der Waals surface area contributed by atoms with E-state index in [-0.39, 0.29) is 24.9 Å². The average molecular weight is 495 g/mol. The SMILES string of the molecule is O=C(CNCc1ccccc1)Nc1ccc(Oc2ccc(NC(=O)CNCc3ccccc3)cc2)cc1. The van der Waals surface area contributed by atoms with Crippen LogP contribution in [0.15, 0.2) is 109 Å². The topological polar surface area (TPSA) is 91.5 Å². The molecule has 7 nitrogen and oxygen atoms in total. The van der Waals surface area contributed by atoms with E-state index in [1.165, 1.54) is 0 Å². The van der Waals surface area contributed by atoms with E-state index in [9.17, 15) is 9.59 Å². The Balaban J connectivity index is 1.17. The van der Waals surface area contributed by atoms with Gasteiger partial charge in [-0.2, -0.15) is 0 Å². The molecule has 4 rings (SSSR count). The third kappa shape index (κ3) is 8.92. The fraction of sp³-hybridized carbons (Fsp3) is 0.133. The van der Waals surface area contributed by atoms with Crippen LogP contribution >= 0.6 is 0 Å². The fourth-order valence-electron chi connectivity index (χ4n) is 3.59. The second-order valence-electron chi connectivity index (χ2n) is 8.43. The summed E-state index contributed by atoms with van der Waals surface area (Å²) in [5.41, 5.74) is 3.64. The predicted octanol–water partition coefficient (Wildman–Crippen LogP) is 4.94. The third-order valence-electron chi connectivity index (χ3n) is 5.43. The highest BCUT2D eigenvalue weighted by Crippen LogP contribution is 2.24. The molecule has 0 aromatic heterocycles. The molecule has 0 aliphatic heterocycles. The molecule has 0 saturated heterocycles. The summed E-state index contributed by atoms with van der Waals surface area (Å²) in [6.07, 6.45) is 0. The molecule has 4 aromatic rings. The summed E-state index contributed by atoms with van der Waals surface area (Å²) in [6.45, 7) is 1.71. The van der Waals surface area contributed by atoms with Crippen molar-refractivity contribution in [2.75, 3.05) is 23.7 Å². The van der Waals surface area contributed by atoms with Crippen LogP contribution in [-0.4, -0.2) is 24.9 Å². The molecule has 0 radical (unpaired) electrons. The summed E-state index contributed by atoms with van der Waals surface area (Å²) in [6, 6.07) is 34.2. The fourth-order valence-corrected chi connectivity index (χ4v) is 3.59. The molecule has 4 N–H and O–H groups in total. The van der Waals surface area contributed by atoms with Crippen molar-refractivity contribution >= 4 is 23.2 Å². The van der Waals surface area contributed by atoms with E-state index < -0.39 is 0 Å². The molecule has 0 bridgehead atoms. The van der Waals surface area contributed by atoms with E-state index in [2.05, 4.69) is 21.3 Å². The first-order valence-corrected chi connectivity index (χ1v) is 12.1. The zero-order chi connectivity index (χ0) is 25.7. The van der Waals surface area contributed by atoms with Crippen molar-refractivity contribution in [1.29, 1.82) is 0 Å². The Bertz CT molecular complexity index is 1160. The molecule has 0 spiro atoms. The number of carbonyl (C=O) groups excluding carboxylic acids is 2. The minimum atomic E-state index is -0.113. The van der Waals surface area contributed by atoms with Crippen LogP contribution in [-0.2, 0) is 22.7 Å². The third-order valence-corrected chi connectivity index (χ3v) is 5.43. The van der Waals surface area contributed by atoms with Crippen molar-refractivity contribution in [3.05, 3.63) is 120 Å². The van der Waals surface area contributed by atoms with Gasteiger partial charge in [-0.15, -0.1) is 0 Å². The Kier molecular flexibility index (Phi) is 9.41. The standard InChI is InChI=1S/C30H30N4O3/c35-29(21-31-19-23-7-3-1-4-8-23)33-25-11-15-27(16-12-25)37-28-17-13-26(14-18-28)34-30(36)22-32-20-24-9-5-2-6-10-24/h1-18,31-32H,19-22H2,(H,33,35)(H,34,36). The van der Waals surface area contributed by atoms with Crippen LogP contribution in [0.4, 0.5) is 11.4 Å². The Morgan fingerprint density at radius 2 is 0.892 bits per heavy atom. The van der Waals surface area contributed by atoms with Crippen LogP contribution in [0.25, 0.3) is 0 Å². The molecule has 37 heavy (non-hydrogen) atoms. The summed E-state index contributed by atoms with van der Waals surface area (Å²) in [5.74, 6) is 1.05. The molecule has 0 aliphatic carbocycles. The number of hydrogen-bond donors (Lipinski definition) is 4. The van der Waals surface area contributed by atoms with Crippen molar-refractivity contribution in [1.82, 2.24) is 10.6 Å². The van der Waals surface area contributed by atoms with Gasteiger partial charge in [-0.05, 0) is 59.7 Å². The van der Waals surface area contributed by atoms with E-state index in [1.807, 2.05) is 60.7 Å². The second kappa shape index (κ2) is 13.6. The van der Waals surface area contributed by atoms with Crippen molar-refractivity contribution in [2.24, 2.45) is 0 Å². The summed E-state index contributed by atoms with van der Waals surface area (Å²) < 4.78 is 5.88. The molecular weight excluding hydrogens is 464 g/mol. The number of hydrogen-bond acceptors (Lipinski definition) is 5. The average Bonchev–Trinajstić information content (AvgIpc) is 2.92. The van der Waals surface area contributed by atoms with Gasteiger partial charge >= 0.3 is 0 Å². The van der Waals surface area contributed by atoms with E-state index in [0.717, 1.165) is 11.1 Å². The lowest BCUT2D eigenvalue weighted by Gasteiger charge is -2.10. The number of rotatable bonds is 12. The van der Waals surface area contributed by atoms with E-state index in [1.54, 1.807) is 48.5 Å². The minimum absolute atomic E-state index is 0.113. The molecule has 188 valence electrons. The van der Waals surface area contributed by atoms with Crippen LogP contribution in [0, 0.1) is 0 Å². The van der Waals surface area contributed by atoms with Gasteiger partial charge in [0.15, 0.2) is 0 Å². The molecule has 2 amide bonds. The van der Waals surface area contributed by atoms with Crippen LogP contribution in [0.3, 0.4) is 0 Å². The molecular formula is C30H30N4O3. The van der Waals surface area contributed by atoms with Crippen molar-refractivity contribution in [3.8, 4) is 11.5 Å². The number of nitrogens with one attached hydrogen (secondary N) is 4. The first kappa shape index (κ1) is 25.6. The lowest BCUT2D eigenvalue weighted by atomic mass is 10.2. The van der Waals surface area contributed by atoms with Crippen LogP contribution in [0.2, 0.25) is 0 Å². The lowest BCUT2D eigenvalue weighted by molar-refractivity contribution is -0.116. The quantitative estimate of drug-likeness (QED) is 0.224. The second-order valence-corrected chi connectivity index (χ2v) is 8.43. The Morgan fingerprint density at radius 3 is 1.27 bits per heavy atom. The van der Waals surface area contributed by atoms with Gasteiger partial charge in [-0.25, -0.2) is 0 Å². The van der Waals surface area contributed by atoms with E-state index in [0.29, 0.717) is 36.0 Å². The zero-order valence-electron chi connectivity index (χ0n) is 20.4. The zero-order valence-corrected chi connectivity index (χ0v) is 20.4. The van der Waals surface area contributed by atoms with Crippen molar-refractivity contribution in [2.45, 2.75) is 13.1 Å². The number of carbonyl (C=O) groups is 2. The summed E-state index contributed by atoms with van der Waals surface area (Å²) >= 11 is 0. The van der Waals surface area contributed by atoms with Crippen LogP contribution < -0.4 is 26.0 Å². The molecule has 0 atom stereocenters. The maximum Gasteiger partial charge on any atom is 0.238 e. The number of ether oxygens (including phenoxy) is 1. The smallest absolute Gasteiger partial charge is 0.238 e. The van der Waals surface area contributed by atoms with Gasteiger partial charge < -0.3 is 26.0 Å². The molecule has 0 heterocycles. The maximum atomic E-state index is 12.2. The molecule has 0 aliphatic rings. The molecule has 4 aromatic carbocycles. The van der Waals surface area contributed by atoms with Gasteiger partial charge in [0.2, 0.25) is 11.8 Å². The normalized spacial score (nSPS) is 10.5. The Hall–Kier alpha value is -4.46. The summed E-state index contributed by atoms with van der Waals surface area (Å²) in [4.78, 5) is 24.3. The molecule has 0 unspecified atom stereocenters. The van der Waals surface area contributed by atoms with Crippen molar-refractivity contribution in [3.63, 3.8) is 0 Å². The van der Waals surface area contributed by atoms with Crippen LogP contribution in [0.5, 0.6) is 11.5 Å². The van der Waals surface area contributed by atoms with Crippen LogP contribution in [0.1, 0.15) is 11.1 Å². The summed E-state index contributed by atoms with van der Waals surface area (Å²) in [5, 5.41) is 12.0. The van der Waals surface area contributed by atoms with Gasteiger partial charge in [-0.3, -0.25) is 9.59 Å². The molecule has 0 saturated carbocycles. The Labute approximate surface area is 216 Å². The molecule has 7 heteroatoms. The summed E-state index contributed by atoms with van der Waals surface area (Å²) in [7, 11) is 0. The predicted molar refractivity (Wildman–Crippen MR) is 147 cm³/mol. The van der Waals surface area contributed by atoms with Gasteiger partial charge in [0, 0.05) is 24.5 Å². The maximum absolute atomic E-state index is 12.2. The molecule has 0 fully saturated rings. The Morgan fingerprint density at radius 1 is 0.514 bits per heavy atom. The van der Waals surface area contributed by atoms with Gasteiger partial charge in [0.1, 0.15) is 11.5 Å². The largest absolute Gasteiger partial charge is 0.457 e. The first-order chi connectivity index (χ1) is 18.1. The highest BCUT2D eigenvalue weighted by molar-refractivity contribution is 5.92. The highest BCUT2D eigenvalue weighted by Gasteiger charge is 2.05. The van der Waals surface area contributed by atoms with Gasteiger partial charge in [-0.1, -0.05) is 60.7 Å². The number of benzene rings is 4. The first-order valence-electron chi connectivity index (χ1n) is 12.1. The van der Waals surface area contributed by atoms with E-state index in [4.69, 9.17) is 4.74 Å². The number of anilines is 2. The number of amides is 2.